The second-order valence-electron chi connectivity index (χ2n) is 7.68. The molecule has 1 atom stereocenters. The van der Waals surface area contributed by atoms with Gasteiger partial charge >= 0.3 is 5.97 Å². The van der Waals surface area contributed by atoms with Gasteiger partial charge in [0.25, 0.3) is 0 Å². The van der Waals surface area contributed by atoms with Crippen molar-refractivity contribution in [3.63, 3.8) is 0 Å². The summed E-state index contributed by atoms with van der Waals surface area (Å²) in [4.78, 5) is 36.4. The number of amidine groups is 1. The molecule has 1 aromatic carbocycles. The molecule has 0 aliphatic rings. The quantitative estimate of drug-likeness (QED) is 0.107. The number of benzene rings is 1. The Morgan fingerprint density at radius 3 is 2.47 bits per heavy atom. The molecule has 0 radical (unpaired) electrons. The normalized spacial score (nSPS) is 13.3. The number of ether oxygens (including phenoxy) is 1. The highest BCUT2D eigenvalue weighted by molar-refractivity contribution is 6.44. The van der Waals surface area contributed by atoms with Crippen molar-refractivity contribution in [3.8, 4) is 5.75 Å². The number of hydrogen-bond donors (Lipinski definition) is 0. The molecule has 2 rings (SSSR count). The summed E-state index contributed by atoms with van der Waals surface area (Å²) < 4.78 is 5.83. The first-order valence-electron chi connectivity index (χ1n) is 11.7. The zero-order valence-corrected chi connectivity index (χ0v) is 22.6. The summed E-state index contributed by atoms with van der Waals surface area (Å²) in [7, 11) is 1.60. The van der Waals surface area contributed by atoms with E-state index in [-0.39, 0.29) is 34.6 Å². The highest BCUT2D eigenvalue weighted by Crippen LogP contribution is 2.42. The minimum absolute atomic E-state index is 0.0746. The van der Waals surface area contributed by atoms with Gasteiger partial charge in [0.15, 0.2) is 5.75 Å². The van der Waals surface area contributed by atoms with E-state index in [4.69, 9.17) is 27.9 Å². The molecule has 0 bridgehead atoms. The van der Waals surface area contributed by atoms with E-state index in [0.29, 0.717) is 22.5 Å². The number of fused-ring (bicyclic) bond motifs is 1. The van der Waals surface area contributed by atoms with Crippen molar-refractivity contribution in [1.29, 1.82) is 0 Å². The van der Waals surface area contributed by atoms with E-state index < -0.39 is 12.0 Å². The summed E-state index contributed by atoms with van der Waals surface area (Å²) in [5, 5.41) is 0.958. The van der Waals surface area contributed by atoms with Crippen molar-refractivity contribution in [3.05, 3.63) is 83.0 Å². The first kappa shape index (κ1) is 29.0. The number of carbonyl (C=O) groups excluding carboxylic acids is 2. The third kappa shape index (κ3) is 6.50. The Balaban J connectivity index is 3.07. The maximum atomic E-state index is 13.5. The molecule has 36 heavy (non-hydrogen) atoms. The van der Waals surface area contributed by atoms with Gasteiger partial charge in [-0.2, -0.15) is 0 Å². The van der Waals surface area contributed by atoms with Gasteiger partial charge in [0.1, 0.15) is 11.4 Å². The van der Waals surface area contributed by atoms with Crippen LogP contribution in [0.25, 0.3) is 10.9 Å². The summed E-state index contributed by atoms with van der Waals surface area (Å²) in [6.07, 6.45) is 7.85. The summed E-state index contributed by atoms with van der Waals surface area (Å²) in [5.41, 5.74) is 1.34. The van der Waals surface area contributed by atoms with Gasteiger partial charge in [-0.25, -0.2) is 0 Å². The summed E-state index contributed by atoms with van der Waals surface area (Å²) >= 11 is 12.8. The van der Waals surface area contributed by atoms with Crippen LogP contribution in [0.4, 0.5) is 0 Å². The molecule has 2 aromatic rings. The molecule has 0 spiro atoms. The Kier molecular flexibility index (Phi) is 11.1. The topological polar surface area (TPSA) is 71.9 Å². The van der Waals surface area contributed by atoms with Gasteiger partial charge in [-0.3, -0.25) is 24.5 Å². The number of halogens is 2. The number of amides is 1. The van der Waals surface area contributed by atoms with Crippen LogP contribution in [0.1, 0.15) is 51.6 Å². The molecule has 8 heteroatoms. The fourth-order valence-electron chi connectivity index (χ4n) is 3.63. The molecular weight excluding hydrogens is 497 g/mol. The second-order valence-corrected chi connectivity index (χ2v) is 8.51. The summed E-state index contributed by atoms with van der Waals surface area (Å²) in [6, 6.07) is 6.38. The molecular formula is C28H31Cl2N3O3. The van der Waals surface area contributed by atoms with Gasteiger partial charge in [-0.15, -0.1) is 0 Å². The molecule has 0 fully saturated rings. The number of esters is 1. The fraction of sp³-hybridized carbons (Fsp3) is 0.286. The number of aromatic nitrogens is 1. The zero-order valence-electron chi connectivity index (χ0n) is 21.1. The molecule has 0 saturated carbocycles. The minimum atomic E-state index is -0.899. The summed E-state index contributed by atoms with van der Waals surface area (Å²) in [6.45, 7) is 13.1. The van der Waals surface area contributed by atoms with Gasteiger partial charge in [-0.05, 0) is 24.1 Å². The third-order valence-electron chi connectivity index (χ3n) is 5.37. The molecule has 6 nitrogen and oxygen atoms in total. The van der Waals surface area contributed by atoms with Crippen molar-refractivity contribution in [1.82, 2.24) is 9.88 Å². The van der Waals surface area contributed by atoms with Crippen LogP contribution in [-0.4, -0.2) is 34.6 Å². The van der Waals surface area contributed by atoms with Gasteiger partial charge in [0, 0.05) is 37.0 Å². The molecule has 1 unspecified atom stereocenters. The van der Waals surface area contributed by atoms with Crippen LogP contribution in [0.5, 0.6) is 5.75 Å². The predicted molar refractivity (Wildman–Crippen MR) is 148 cm³/mol. The Labute approximate surface area is 222 Å². The Morgan fingerprint density at radius 1 is 1.19 bits per heavy atom. The number of carbonyl (C=O) groups is 2. The predicted octanol–water partition coefficient (Wildman–Crippen LogP) is 7.26. The second kappa shape index (κ2) is 13.8. The third-order valence-corrected chi connectivity index (χ3v) is 6.10. The smallest absolute Gasteiger partial charge is 0.310 e. The monoisotopic (exact) mass is 527 g/mol. The molecule has 0 aliphatic carbocycles. The van der Waals surface area contributed by atoms with Crippen LogP contribution in [0.15, 0.2) is 82.5 Å². The Morgan fingerprint density at radius 2 is 1.92 bits per heavy atom. The van der Waals surface area contributed by atoms with E-state index in [9.17, 15) is 9.59 Å². The molecule has 1 heterocycles. The van der Waals surface area contributed by atoms with Crippen LogP contribution in [0.3, 0.4) is 0 Å². The van der Waals surface area contributed by atoms with E-state index in [1.165, 1.54) is 11.0 Å². The first-order chi connectivity index (χ1) is 17.2. The number of rotatable bonds is 10. The minimum Gasteiger partial charge on any atom is -0.424 e. The van der Waals surface area contributed by atoms with E-state index in [1.54, 1.807) is 45.3 Å². The summed E-state index contributed by atoms with van der Waals surface area (Å²) in [5.74, 6) is -0.0719. The van der Waals surface area contributed by atoms with Crippen molar-refractivity contribution in [2.45, 2.75) is 46.1 Å². The molecule has 190 valence electrons. The lowest BCUT2D eigenvalue weighted by Crippen LogP contribution is -2.40. The Hall–Kier alpha value is -3.22. The lowest BCUT2D eigenvalue weighted by atomic mass is 9.93. The van der Waals surface area contributed by atoms with E-state index in [0.717, 1.165) is 11.8 Å². The average Bonchev–Trinajstić information content (AvgIpc) is 2.89. The lowest BCUT2D eigenvalue weighted by molar-refractivity contribution is -0.134. The van der Waals surface area contributed by atoms with Gasteiger partial charge in [0.2, 0.25) is 5.91 Å². The number of nitrogens with zero attached hydrogens (tertiary/aromatic N) is 3. The standard InChI is InChI=1S/C28H31Cl2N3O3/c1-7-11-14-22(31-6)33(23(34)9-3)27(20(8-2)25(30)18(5)29)21-16-15-19-13-12-17-32-26(19)28(21)36-24(35)10-4/h8,11-17,27H,2,5,7,9-10H2,1,3-4,6H3/b14-11-,25-20-,31-22?. The maximum absolute atomic E-state index is 13.5. The van der Waals surface area contributed by atoms with Crippen LogP contribution >= 0.6 is 23.2 Å². The van der Waals surface area contributed by atoms with Crippen LogP contribution in [0, 0.1) is 0 Å². The fourth-order valence-corrected chi connectivity index (χ4v) is 3.92. The van der Waals surface area contributed by atoms with Gasteiger partial charge in [-0.1, -0.05) is 87.5 Å². The molecule has 0 saturated heterocycles. The maximum Gasteiger partial charge on any atom is 0.310 e. The zero-order chi connectivity index (χ0) is 26.8. The number of aliphatic imine (C=N–C) groups is 1. The molecule has 1 aromatic heterocycles. The number of allylic oxidation sites excluding steroid dienone is 3. The van der Waals surface area contributed by atoms with Crippen molar-refractivity contribution in [2.75, 3.05) is 7.05 Å². The Bertz CT molecular complexity index is 1250. The van der Waals surface area contributed by atoms with Crippen molar-refractivity contribution in [2.24, 2.45) is 4.99 Å². The highest BCUT2D eigenvalue weighted by atomic mass is 35.5. The van der Waals surface area contributed by atoms with Crippen LogP contribution < -0.4 is 4.74 Å². The largest absolute Gasteiger partial charge is 0.424 e. The van der Waals surface area contributed by atoms with E-state index in [1.807, 2.05) is 25.1 Å². The van der Waals surface area contributed by atoms with Gasteiger partial charge in [0.05, 0.1) is 16.1 Å². The SMILES string of the molecule is C=C/C(=C(/Cl)C(=C)Cl)C(c1ccc2cccnc2c1OC(=O)CC)N(C(=O)CC)C(/C=C\CC)=NC. The van der Waals surface area contributed by atoms with Crippen LogP contribution in [-0.2, 0) is 9.59 Å². The number of hydrogen-bond acceptors (Lipinski definition) is 5. The molecule has 0 aliphatic heterocycles. The number of pyridine rings is 1. The van der Waals surface area contributed by atoms with Crippen molar-refractivity contribution < 1.29 is 14.3 Å². The average molecular weight is 528 g/mol. The van der Waals surface area contributed by atoms with Gasteiger partial charge < -0.3 is 4.74 Å². The van der Waals surface area contributed by atoms with E-state index >= 15 is 0 Å². The van der Waals surface area contributed by atoms with E-state index in [2.05, 4.69) is 23.1 Å². The molecule has 1 amide bonds. The molecule has 0 N–H and O–H groups in total. The van der Waals surface area contributed by atoms with Crippen LogP contribution in [0.2, 0.25) is 0 Å². The first-order valence-corrected chi connectivity index (χ1v) is 12.4. The highest BCUT2D eigenvalue weighted by Gasteiger charge is 2.34. The lowest BCUT2D eigenvalue weighted by Gasteiger charge is -2.34. The van der Waals surface area contributed by atoms with Crippen molar-refractivity contribution >= 4 is 51.8 Å².